The number of carboxylic acids is 1. The van der Waals surface area contributed by atoms with E-state index in [0.29, 0.717) is 0 Å². The van der Waals surface area contributed by atoms with Crippen LogP contribution < -0.4 is 0 Å². The van der Waals surface area contributed by atoms with Gasteiger partial charge in [0, 0.05) is 0 Å². The van der Waals surface area contributed by atoms with E-state index in [1.807, 2.05) is 6.08 Å². The van der Waals surface area contributed by atoms with Crippen molar-refractivity contribution in [1.82, 2.24) is 0 Å². The molecular formula is C20H34O2. The van der Waals surface area contributed by atoms with Gasteiger partial charge in [0.1, 0.15) is 0 Å². The van der Waals surface area contributed by atoms with Crippen LogP contribution in [-0.2, 0) is 4.79 Å². The molecule has 0 aromatic carbocycles. The summed E-state index contributed by atoms with van der Waals surface area (Å²) in [6.45, 7) is 2.18. The number of hydrogen-bond acceptors (Lipinski definition) is 1. The van der Waals surface area contributed by atoms with Crippen LogP contribution in [0.5, 0.6) is 0 Å². The number of hydrogen-bond donors (Lipinski definition) is 1. The molecule has 126 valence electrons. The number of unbranched alkanes of at least 4 members (excludes halogenated alkanes) is 8. The van der Waals surface area contributed by atoms with E-state index < -0.39 is 5.97 Å². The molecule has 2 heteroatoms. The summed E-state index contributed by atoms with van der Waals surface area (Å²) in [6.07, 6.45) is 26.5. The lowest BCUT2D eigenvalue weighted by molar-refractivity contribution is -0.136. The minimum atomic E-state index is -0.766. The Morgan fingerprint density at radius 2 is 1.23 bits per heavy atom. The van der Waals surface area contributed by atoms with Gasteiger partial charge in [0.15, 0.2) is 0 Å². The Balaban J connectivity index is 3.18. The average molecular weight is 306 g/mol. The number of aliphatic carboxylic acids is 1. The maximum absolute atomic E-state index is 10.3. The van der Waals surface area contributed by atoms with Gasteiger partial charge in [-0.2, -0.15) is 0 Å². The molecule has 0 aliphatic heterocycles. The van der Waals surface area contributed by atoms with Crippen molar-refractivity contribution in [2.24, 2.45) is 0 Å². The van der Waals surface area contributed by atoms with Crippen LogP contribution in [0, 0.1) is 0 Å². The Hall–Kier alpha value is -1.31. The van der Waals surface area contributed by atoms with E-state index in [2.05, 4.69) is 31.2 Å². The Bertz CT molecular complexity index is 327. The second kappa shape index (κ2) is 17.7. The second-order valence-electron chi connectivity index (χ2n) is 5.71. The number of carboxylic acid groups (broad SMARTS) is 1. The SMILES string of the molecule is CCC=CCCCCCCCCCC=CCC=CCC(=O)O. The van der Waals surface area contributed by atoms with Crippen molar-refractivity contribution < 1.29 is 9.90 Å². The predicted molar refractivity (Wildman–Crippen MR) is 96.1 cm³/mol. The van der Waals surface area contributed by atoms with Crippen molar-refractivity contribution in [2.75, 3.05) is 0 Å². The first-order valence-electron chi connectivity index (χ1n) is 8.94. The van der Waals surface area contributed by atoms with Crippen molar-refractivity contribution >= 4 is 5.97 Å². The number of carbonyl (C=O) groups is 1. The maximum atomic E-state index is 10.3. The van der Waals surface area contributed by atoms with Gasteiger partial charge in [0.25, 0.3) is 0 Å². The van der Waals surface area contributed by atoms with E-state index in [4.69, 9.17) is 5.11 Å². The summed E-state index contributed by atoms with van der Waals surface area (Å²) in [5.74, 6) is -0.766. The Morgan fingerprint density at radius 3 is 1.77 bits per heavy atom. The molecule has 2 nitrogen and oxygen atoms in total. The minimum Gasteiger partial charge on any atom is -0.481 e. The van der Waals surface area contributed by atoms with Gasteiger partial charge in [-0.25, -0.2) is 0 Å². The van der Waals surface area contributed by atoms with Crippen molar-refractivity contribution in [3.05, 3.63) is 36.5 Å². The highest BCUT2D eigenvalue weighted by atomic mass is 16.4. The molecule has 0 rings (SSSR count). The van der Waals surface area contributed by atoms with Crippen LogP contribution in [-0.4, -0.2) is 11.1 Å². The highest BCUT2D eigenvalue weighted by Gasteiger charge is 1.91. The topological polar surface area (TPSA) is 37.3 Å². The van der Waals surface area contributed by atoms with Gasteiger partial charge in [-0.15, -0.1) is 0 Å². The van der Waals surface area contributed by atoms with E-state index in [9.17, 15) is 4.79 Å². The van der Waals surface area contributed by atoms with Crippen LogP contribution in [0.15, 0.2) is 36.5 Å². The lowest BCUT2D eigenvalue weighted by Gasteiger charge is -2.00. The summed E-state index contributed by atoms with van der Waals surface area (Å²) >= 11 is 0. The van der Waals surface area contributed by atoms with E-state index in [1.54, 1.807) is 6.08 Å². The van der Waals surface area contributed by atoms with Crippen LogP contribution in [0.2, 0.25) is 0 Å². The Morgan fingerprint density at radius 1 is 0.727 bits per heavy atom. The Labute approximate surface area is 137 Å². The fourth-order valence-corrected chi connectivity index (χ4v) is 2.27. The molecule has 22 heavy (non-hydrogen) atoms. The zero-order valence-corrected chi connectivity index (χ0v) is 14.3. The molecule has 0 atom stereocenters. The van der Waals surface area contributed by atoms with E-state index in [-0.39, 0.29) is 6.42 Å². The van der Waals surface area contributed by atoms with Crippen LogP contribution in [0.1, 0.15) is 84.0 Å². The number of rotatable bonds is 15. The van der Waals surface area contributed by atoms with Gasteiger partial charge in [-0.05, 0) is 38.5 Å². The van der Waals surface area contributed by atoms with Crippen molar-refractivity contribution in [3.8, 4) is 0 Å². The van der Waals surface area contributed by atoms with Crippen molar-refractivity contribution in [2.45, 2.75) is 84.0 Å². The third kappa shape index (κ3) is 18.7. The summed E-state index contributed by atoms with van der Waals surface area (Å²) in [6, 6.07) is 0. The largest absolute Gasteiger partial charge is 0.481 e. The quantitative estimate of drug-likeness (QED) is 0.279. The predicted octanol–water partition coefficient (Wildman–Crippen LogP) is 6.44. The maximum Gasteiger partial charge on any atom is 0.307 e. The summed E-state index contributed by atoms with van der Waals surface area (Å²) in [5.41, 5.74) is 0. The highest BCUT2D eigenvalue weighted by Crippen LogP contribution is 2.10. The monoisotopic (exact) mass is 306 g/mol. The molecule has 0 spiro atoms. The molecule has 0 saturated carbocycles. The van der Waals surface area contributed by atoms with Gasteiger partial charge < -0.3 is 5.11 Å². The zero-order valence-electron chi connectivity index (χ0n) is 14.3. The molecule has 0 aliphatic rings. The van der Waals surface area contributed by atoms with Crippen LogP contribution in [0.4, 0.5) is 0 Å². The lowest BCUT2D eigenvalue weighted by atomic mass is 10.1. The molecule has 0 saturated heterocycles. The standard InChI is InChI=1S/C20H34O2/c1-2-3-4-5-6-7-8-9-10-11-12-13-14-15-16-17-18-19-20(21)22/h3-4,14-15,17-18H,2,5-13,16,19H2,1H3,(H,21,22). The summed E-state index contributed by atoms with van der Waals surface area (Å²) < 4.78 is 0. The third-order valence-corrected chi connectivity index (χ3v) is 3.54. The normalized spacial score (nSPS) is 12.0. The van der Waals surface area contributed by atoms with E-state index in [0.717, 1.165) is 19.3 Å². The van der Waals surface area contributed by atoms with Crippen molar-refractivity contribution in [1.29, 1.82) is 0 Å². The molecule has 0 aromatic heterocycles. The highest BCUT2D eigenvalue weighted by molar-refractivity contribution is 5.68. The second-order valence-corrected chi connectivity index (χ2v) is 5.71. The molecular weight excluding hydrogens is 272 g/mol. The molecule has 0 fully saturated rings. The first kappa shape index (κ1) is 20.7. The van der Waals surface area contributed by atoms with Crippen LogP contribution in [0.3, 0.4) is 0 Å². The van der Waals surface area contributed by atoms with E-state index in [1.165, 1.54) is 51.4 Å². The molecule has 0 aromatic rings. The zero-order chi connectivity index (χ0) is 16.3. The van der Waals surface area contributed by atoms with Crippen LogP contribution >= 0.6 is 0 Å². The molecule has 0 aliphatic carbocycles. The van der Waals surface area contributed by atoms with Gasteiger partial charge in [-0.3, -0.25) is 4.79 Å². The van der Waals surface area contributed by atoms with Gasteiger partial charge in [-0.1, -0.05) is 75.5 Å². The number of allylic oxidation sites excluding steroid dienone is 5. The van der Waals surface area contributed by atoms with Gasteiger partial charge in [0.2, 0.25) is 0 Å². The Kier molecular flexibility index (Phi) is 16.7. The summed E-state index contributed by atoms with van der Waals surface area (Å²) in [4.78, 5) is 10.3. The van der Waals surface area contributed by atoms with Crippen LogP contribution in [0.25, 0.3) is 0 Å². The van der Waals surface area contributed by atoms with Gasteiger partial charge in [0.05, 0.1) is 6.42 Å². The molecule has 0 radical (unpaired) electrons. The molecule has 0 unspecified atom stereocenters. The summed E-state index contributed by atoms with van der Waals surface area (Å²) in [7, 11) is 0. The summed E-state index contributed by atoms with van der Waals surface area (Å²) in [5, 5.41) is 8.47. The minimum absolute atomic E-state index is 0.128. The fraction of sp³-hybridized carbons (Fsp3) is 0.650. The fourth-order valence-electron chi connectivity index (χ4n) is 2.27. The lowest BCUT2D eigenvalue weighted by Crippen LogP contribution is -1.89. The average Bonchev–Trinajstić information content (AvgIpc) is 2.50. The first-order chi connectivity index (χ1) is 10.8. The molecule has 0 heterocycles. The van der Waals surface area contributed by atoms with Gasteiger partial charge >= 0.3 is 5.97 Å². The van der Waals surface area contributed by atoms with Crippen molar-refractivity contribution in [3.63, 3.8) is 0 Å². The molecule has 0 amide bonds. The van der Waals surface area contributed by atoms with E-state index >= 15 is 0 Å². The first-order valence-corrected chi connectivity index (χ1v) is 8.94. The molecule has 1 N–H and O–H groups in total. The smallest absolute Gasteiger partial charge is 0.307 e. The molecule has 0 bridgehead atoms. The third-order valence-electron chi connectivity index (χ3n) is 3.54.